The second-order valence-electron chi connectivity index (χ2n) is 4.47. The number of benzene rings is 1. The number of rotatable bonds is 3. The van der Waals surface area contributed by atoms with Crippen LogP contribution in [-0.4, -0.2) is 16.6 Å². The van der Waals surface area contributed by atoms with Gasteiger partial charge in [0.1, 0.15) is 11.6 Å². The summed E-state index contributed by atoms with van der Waals surface area (Å²) >= 11 is 7.75. The quantitative estimate of drug-likeness (QED) is 0.883. The van der Waals surface area contributed by atoms with Crippen LogP contribution in [0.25, 0.3) is 0 Å². The first-order valence-corrected chi connectivity index (χ1v) is 7.69. The van der Waals surface area contributed by atoms with Gasteiger partial charge >= 0.3 is 0 Å². The minimum Gasteiger partial charge on any atom is -0.383 e. The van der Waals surface area contributed by atoms with Crippen molar-refractivity contribution in [1.82, 2.24) is 9.97 Å². The van der Waals surface area contributed by atoms with Gasteiger partial charge in [-0.3, -0.25) is 0 Å². The molecule has 4 nitrogen and oxygen atoms in total. The van der Waals surface area contributed by atoms with Crippen LogP contribution in [0.1, 0.15) is 17.1 Å². The molecule has 1 aromatic heterocycles. The summed E-state index contributed by atoms with van der Waals surface area (Å²) in [5.41, 5.74) is 7.92. The van der Waals surface area contributed by atoms with E-state index in [1.54, 1.807) is 11.8 Å². The highest BCUT2D eigenvalue weighted by atomic mass is 35.5. The molecule has 2 aromatic rings. The van der Waals surface area contributed by atoms with Crippen molar-refractivity contribution in [1.29, 1.82) is 0 Å². The van der Waals surface area contributed by atoms with Crippen molar-refractivity contribution in [3.8, 4) is 0 Å². The third kappa shape index (κ3) is 2.90. The van der Waals surface area contributed by atoms with Crippen molar-refractivity contribution in [3.05, 3.63) is 46.4 Å². The molecule has 1 aliphatic rings. The maximum absolute atomic E-state index is 6.13. The summed E-state index contributed by atoms with van der Waals surface area (Å²) in [6, 6.07) is 7.75. The number of nitrogens with zero attached hydrogens (tertiary/aromatic N) is 2. The number of anilines is 1. The summed E-state index contributed by atoms with van der Waals surface area (Å²) in [7, 11) is 0. The van der Waals surface area contributed by atoms with Gasteiger partial charge in [-0.2, -0.15) is 0 Å². The molecule has 0 spiro atoms. The molecule has 3 rings (SSSR count). The smallest absolute Gasteiger partial charge is 0.141 e. The average molecular weight is 308 g/mol. The fraction of sp³-hybridized carbons (Fsp3) is 0.286. The number of halogens is 1. The van der Waals surface area contributed by atoms with Crippen molar-refractivity contribution in [2.75, 3.05) is 12.3 Å². The second-order valence-corrected chi connectivity index (χ2v) is 5.90. The van der Waals surface area contributed by atoms with E-state index < -0.39 is 0 Å². The lowest BCUT2D eigenvalue weighted by atomic mass is 10.1. The fourth-order valence-electron chi connectivity index (χ4n) is 2.08. The first kappa shape index (κ1) is 13.7. The van der Waals surface area contributed by atoms with Gasteiger partial charge in [0.2, 0.25) is 0 Å². The molecule has 0 bridgehead atoms. The number of fused-ring (bicyclic) bond motifs is 1. The Morgan fingerprint density at radius 3 is 3.00 bits per heavy atom. The number of nitrogen functional groups attached to an aromatic ring is 1. The fourth-order valence-corrected chi connectivity index (χ4v) is 3.17. The van der Waals surface area contributed by atoms with Gasteiger partial charge in [0.25, 0.3) is 0 Å². The molecule has 2 heterocycles. The predicted molar refractivity (Wildman–Crippen MR) is 80.8 cm³/mol. The average Bonchev–Trinajstić information content (AvgIpc) is 2.46. The molecule has 104 valence electrons. The van der Waals surface area contributed by atoms with E-state index in [2.05, 4.69) is 9.97 Å². The number of ether oxygens (including phenoxy) is 1. The third-order valence-electron chi connectivity index (χ3n) is 3.09. The summed E-state index contributed by atoms with van der Waals surface area (Å²) in [5.74, 6) is 1.93. The Balaban J connectivity index is 1.78. The Morgan fingerprint density at radius 1 is 1.30 bits per heavy atom. The number of hydrogen-bond donors (Lipinski definition) is 1. The lowest BCUT2D eigenvalue weighted by Gasteiger charge is -2.17. The molecule has 20 heavy (non-hydrogen) atoms. The highest BCUT2D eigenvalue weighted by Crippen LogP contribution is 2.29. The summed E-state index contributed by atoms with van der Waals surface area (Å²) in [5, 5.41) is 0.747. The van der Waals surface area contributed by atoms with Crippen molar-refractivity contribution in [2.45, 2.75) is 23.7 Å². The van der Waals surface area contributed by atoms with Crippen LogP contribution in [0.2, 0.25) is 5.02 Å². The molecule has 0 amide bonds. The minimum absolute atomic E-state index is 0.513. The van der Waals surface area contributed by atoms with E-state index in [1.807, 2.05) is 24.3 Å². The molecular formula is C14H14ClN3OS. The van der Waals surface area contributed by atoms with E-state index in [9.17, 15) is 0 Å². The Kier molecular flexibility index (Phi) is 4.10. The summed E-state index contributed by atoms with van der Waals surface area (Å²) in [6.45, 7) is 1.21. The Hall–Kier alpha value is -1.30. The molecule has 0 aliphatic carbocycles. The van der Waals surface area contributed by atoms with E-state index in [4.69, 9.17) is 22.1 Å². The van der Waals surface area contributed by atoms with Crippen LogP contribution in [0.4, 0.5) is 5.82 Å². The van der Waals surface area contributed by atoms with E-state index in [1.165, 1.54) is 0 Å². The van der Waals surface area contributed by atoms with Gasteiger partial charge in [-0.25, -0.2) is 9.97 Å². The Morgan fingerprint density at radius 2 is 2.15 bits per heavy atom. The zero-order valence-corrected chi connectivity index (χ0v) is 12.4. The second kappa shape index (κ2) is 5.99. The number of nitrogens with two attached hydrogens (primary N) is 1. The van der Waals surface area contributed by atoms with Crippen LogP contribution in [0.15, 0.2) is 29.2 Å². The highest BCUT2D eigenvalue weighted by molar-refractivity contribution is 7.98. The molecule has 0 saturated heterocycles. The molecule has 0 atom stereocenters. The van der Waals surface area contributed by atoms with E-state index in [-0.39, 0.29) is 0 Å². The summed E-state index contributed by atoms with van der Waals surface area (Å²) in [6.07, 6.45) is 0.797. The van der Waals surface area contributed by atoms with Gasteiger partial charge in [0.15, 0.2) is 0 Å². The third-order valence-corrected chi connectivity index (χ3v) is 4.61. The van der Waals surface area contributed by atoms with Gasteiger partial charge in [-0.05, 0) is 12.1 Å². The Bertz CT molecular complexity index is 636. The van der Waals surface area contributed by atoms with E-state index in [0.717, 1.165) is 33.4 Å². The molecule has 2 N–H and O–H groups in total. The van der Waals surface area contributed by atoms with Crippen LogP contribution in [0.3, 0.4) is 0 Å². The molecule has 0 fully saturated rings. The van der Waals surface area contributed by atoms with Gasteiger partial charge in [0, 0.05) is 16.9 Å². The number of thioether (sulfide) groups is 1. The number of hydrogen-bond acceptors (Lipinski definition) is 5. The molecule has 0 radical (unpaired) electrons. The summed E-state index contributed by atoms with van der Waals surface area (Å²) in [4.78, 5) is 9.96. The molecule has 1 aromatic carbocycles. The largest absolute Gasteiger partial charge is 0.383 e. The van der Waals surface area contributed by atoms with Crippen LogP contribution >= 0.6 is 23.4 Å². The van der Waals surface area contributed by atoms with Crippen molar-refractivity contribution >= 4 is 29.2 Å². The van der Waals surface area contributed by atoms with Gasteiger partial charge in [0.05, 0.1) is 29.7 Å². The Labute approximate surface area is 126 Å². The van der Waals surface area contributed by atoms with E-state index in [0.29, 0.717) is 24.8 Å². The molecule has 0 unspecified atom stereocenters. The van der Waals surface area contributed by atoms with Crippen LogP contribution in [0.5, 0.6) is 0 Å². The van der Waals surface area contributed by atoms with Gasteiger partial charge < -0.3 is 10.5 Å². The normalized spacial score (nSPS) is 14.1. The van der Waals surface area contributed by atoms with Crippen molar-refractivity contribution in [3.63, 3.8) is 0 Å². The van der Waals surface area contributed by atoms with Crippen molar-refractivity contribution in [2.24, 2.45) is 0 Å². The molecular weight excluding hydrogens is 294 g/mol. The van der Waals surface area contributed by atoms with Crippen molar-refractivity contribution < 1.29 is 4.74 Å². The zero-order chi connectivity index (χ0) is 13.9. The van der Waals surface area contributed by atoms with E-state index >= 15 is 0 Å². The number of aromatic nitrogens is 2. The molecule has 0 saturated carbocycles. The molecule has 6 heteroatoms. The highest BCUT2D eigenvalue weighted by Gasteiger charge is 2.16. The monoisotopic (exact) mass is 307 g/mol. The first-order valence-electron chi connectivity index (χ1n) is 6.33. The van der Waals surface area contributed by atoms with Crippen LogP contribution < -0.4 is 5.73 Å². The standard InChI is InChI=1S/C14H14ClN3OS/c15-10-3-1-2-4-12(10)20-8-13-17-11-5-6-19-7-9(11)14(16)18-13/h1-4H,5-8H2,(H2,16,17,18). The SMILES string of the molecule is Nc1nc(CSc2ccccc2Cl)nc2c1COCC2. The van der Waals surface area contributed by atoms with Crippen LogP contribution in [-0.2, 0) is 23.5 Å². The maximum Gasteiger partial charge on any atom is 0.141 e. The van der Waals surface area contributed by atoms with Crippen LogP contribution in [0, 0.1) is 0 Å². The topological polar surface area (TPSA) is 61.0 Å². The first-order chi connectivity index (χ1) is 9.74. The lowest BCUT2D eigenvalue weighted by molar-refractivity contribution is 0.109. The van der Waals surface area contributed by atoms with Gasteiger partial charge in [-0.1, -0.05) is 23.7 Å². The minimum atomic E-state index is 0.513. The van der Waals surface area contributed by atoms with Gasteiger partial charge in [-0.15, -0.1) is 11.8 Å². The maximum atomic E-state index is 6.13. The summed E-state index contributed by atoms with van der Waals surface area (Å²) < 4.78 is 5.38. The lowest BCUT2D eigenvalue weighted by Crippen LogP contribution is -2.16. The zero-order valence-electron chi connectivity index (χ0n) is 10.8. The predicted octanol–water partition coefficient (Wildman–Crippen LogP) is 3.08. The molecule has 1 aliphatic heterocycles.